The SMILES string of the molecule is C#Cc1c(F)ccc2cc(OCOC)cc(-c3ncc4c(N5C[C@H]6CC[C@@H](C5)N6C(=O)OC(C)(C)C)nc(OC[C@]56CCCN5[C@@H](CO)CC6)nc4c3F)c12. The van der Waals surface area contributed by atoms with E-state index in [1.807, 2.05) is 25.7 Å². The molecule has 4 saturated heterocycles. The molecule has 2 aromatic carbocycles. The Labute approximate surface area is 318 Å². The maximum Gasteiger partial charge on any atom is 0.410 e. The maximum absolute atomic E-state index is 17.3. The lowest BCUT2D eigenvalue weighted by molar-refractivity contribution is 0.0122. The Bertz CT molecular complexity index is 2180. The van der Waals surface area contributed by atoms with Crippen molar-refractivity contribution in [3.8, 4) is 35.4 Å². The third-order valence-electron chi connectivity index (χ3n) is 11.5. The van der Waals surface area contributed by atoms with Gasteiger partial charge in [0.2, 0.25) is 0 Å². The van der Waals surface area contributed by atoms with Crippen molar-refractivity contribution in [2.24, 2.45) is 0 Å². The quantitative estimate of drug-likeness (QED) is 0.159. The molecule has 0 radical (unpaired) electrons. The lowest BCUT2D eigenvalue weighted by atomic mass is 9.95. The number of rotatable bonds is 9. The summed E-state index contributed by atoms with van der Waals surface area (Å²) in [5.74, 6) is 1.84. The minimum atomic E-state index is -0.763. The Morgan fingerprint density at radius 3 is 2.58 bits per heavy atom. The van der Waals surface area contributed by atoms with E-state index in [1.54, 1.807) is 18.2 Å². The zero-order valence-corrected chi connectivity index (χ0v) is 31.6. The number of terminal acetylenes is 1. The number of halogens is 2. The third-order valence-corrected chi connectivity index (χ3v) is 11.5. The van der Waals surface area contributed by atoms with Crippen LogP contribution in [0.3, 0.4) is 0 Å². The number of aromatic nitrogens is 3. The van der Waals surface area contributed by atoms with Crippen molar-refractivity contribution >= 4 is 33.6 Å². The summed E-state index contributed by atoms with van der Waals surface area (Å²) < 4.78 is 55.6. The van der Waals surface area contributed by atoms with Gasteiger partial charge in [-0.3, -0.25) is 14.8 Å². The molecule has 1 N–H and O–H groups in total. The van der Waals surface area contributed by atoms with Gasteiger partial charge in [0.05, 0.1) is 35.2 Å². The fraction of sp³-hybridized carbons (Fsp3) is 0.512. The van der Waals surface area contributed by atoms with Crippen LogP contribution in [0, 0.1) is 24.0 Å². The summed E-state index contributed by atoms with van der Waals surface area (Å²) in [5, 5.41) is 11.3. The highest BCUT2D eigenvalue weighted by Gasteiger charge is 2.50. The first-order valence-electron chi connectivity index (χ1n) is 18.9. The molecule has 14 heteroatoms. The number of nitrogens with zero attached hydrogens (tertiary/aromatic N) is 6. The molecular weight excluding hydrogens is 710 g/mol. The zero-order chi connectivity index (χ0) is 38.6. The van der Waals surface area contributed by atoms with Crippen LogP contribution in [0.2, 0.25) is 0 Å². The number of ether oxygens (including phenoxy) is 4. The van der Waals surface area contributed by atoms with E-state index in [9.17, 15) is 9.90 Å². The summed E-state index contributed by atoms with van der Waals surface area (Å²) in [4.78, 5) is 33.7. The number of benzene rings is 2. The van der Waals surface area contributed by atoms with E-state index in [1.165, 1.54) is 19.4 Å². The molecule has 0 spiro atoms. The molecule has 2 aromatic heterocycles. The molecule has 12 nitrogen and oxygen atoms in total. The molecular formula is C41H46F2N6O6. The van der Waals surface area contributed by atoms with Gasteiger partial charge < -0.3 is 29.0 Å². The standard InChI is InChI=1S/C41H46F2N6O6/c1-6-29-32(42)11-8-24-16-28(54-23-52-5)17-30(33(24)29)35-34(43)36-31(18-44-35)37(47-19-25-9-10-26(20-47)49(25)39(51)55-40(2,3)4)46-38(45-36)53-22-41-13-7-15-48(41)27(21-50)12-14-41/h1,8,11,16-18,25-27,50H,7,9-10,12-15,19-23H2,2-5H3/t25-,26+,27-,41-/m1/s1. The van der Waals surface area contributed by atoms with Gasteiger partial charge in [-0.1, -0.05) is 12.0 Å². The van der Waals surface area contributed by atoms with Crippen LogP contribution < -0.4 is 14.4 Å². The Balaban J connectivity index is 1.24. The number of hydrogen-bond donors (Lipinski definition) is 1. The Hall–Kier alpha value is -4.84. The van der Waals surface area contributed by atoms with E-state index >= 15 is 8.78 Å². The molecule has 290 valence electrons. The lowest BCUT2D eigenvalue weighted by Gasteiger charge is -2.42. The second kappa shape index (κ2) is 14.3. The normalized spacial score (nSPS) is 23.7. The molecule has 0 aliphatic carbocycles. The van der Waals surface area contributed by atoms with Crippen LogP contribution in [0.1, 0.15) is 64.9 Å². The van der Waals surface area contributed by atoms with E-state index in [0.717, 1.165) is 45.1 Å². The molecule has 4 aliphatic rings. The Morgan fingerprint density at radius 2 is 1.87 bits per heavy atom. The van der Waals surface area contributed by atoms with Crippen LogP contribution >= 0.6 is 0 Å². The number of fused-ring (bicyclic) bond motifs is 5. The van der Waals surface area contributed by atoms with Crippen molar-refractivity contribution in [2.45, 2.75) is 88.6 Å². The van der Waals surface area contributed by atoms with Gasteiger partial charge in [-0.05, 0) is 89.4 Å². The number of anilines is 1. The number of amides is 1. The van der Waals surface area contributed by atoms with E-state index in [-0.39, 0.29) is 78.1 Å². The van der Waals surface area contributed by atoms with Gasteiger partial charge in [-0.2, -0.15) is 9.97 Å². The van der Waals surface area contributed by atoms with Crippen molar-refractivity contribution in [1.29, 1.82) is 0 Å². The summed E-state index contributed by atoms with van der Waals surface area (Å²) >= 11 is 0. The van der Waals surface area contributed by atoms with Crippen molar-refractivity contribution in [1.82, 2.24) is 24.8 Å². The fourth-order valence-electron chi connectivity index (χ4n) is 9.16. The van der Waals surface area contributed by atoms with Gasteiger partial charge in [0.15, 0.2) is 12.6 Å². The Kier molecular flexibility index (Phi) is 9.68. The van der Waals surface area contributed by atoms with Crippen molar-refractivity contribution in [3.63, 3.8) is 0 Å². The summed E-state index contributed by atoms with van der Waals surface area (Å²) in [6, 6.07) is 5.87. The molecule has 8 rings (SSSR count). The van der Waals surface area contributed by atoms with E-state index in [2.05, 4.69) is 25.7 Å². The minimum absolute atomic E-state index is 0.00605. The fourth-order valence-corrected chi connectivity index (χ4v) is 9.16. The highest BCUT2D eigenvalue weighted by molar-refractivity contribution is 6.03. The number of carbonyl (C=O) groups excluding carboxylic acids is 1. The maximum atomic E-state index is 17.3. The van der Waals surface area contributed by atoms with Gasteiger partial charge in [0, 0.05) is 43.4 Å². The predicted molar refractivity (Wildman–Crippen MR) is 202 cm³/mol. The second-order valence-electron chi connectivity index (χ2n) is 16.1. The zero-order valence-electron chi connectivity index (χ0n) is 31.6. The van der Waals surface area contributed by atoms with Crippen LogP contribution in [0.5, 0.6) is 11.8 Å². The number of piperazine rings is 1. The van der Waals surface area contributed by atoms with Crippen LogP contribution in [-0.4, -0.2) is 112 Å². The topological polar surface area (TPSA) is 123 Å². The summed E-state index contributed by atoms with van der Waals surface area (Å²) in [6.07, 6.45) is 12.2. The molecule has 0 saturated carbocycles. The van der Waals surface area contributed by atoms with E-state index in [4.69, 9.17) is 30.4 Å². The van der Waals surface area contributed by atoms with Crippen molar-refractivity contribution in [3.05, 3.63) is 47.7 Å². The minimum Gasteiger partial charge on any atom is -0.468 e. The molecule has 55 heavy (non-hydrogen) atoms. The highest BCUT2D eigenvalue weighted by Crippen LogP contribution is 2.44. The van der Waals surface area contributed by atoms with Crippen molar-refractivity contribution in [2.75, 3.05) is 51.7 Å². The van der Waals surface area contributed by atoms with Gasteiger partial charge >= 0.3 is 12.1 Å². The number of carbonyl (C=O) groups is 1. The molecule has 6 heterocycles. The first-order chi connectivity index (χ1) is 26.4. The average Bonchev–Trinajstić information content (AvgIpc) is 3.81. The smallest absolute Gasteiger partial charge is 0.410 e. The molecule has 4 atom stereocenters. The largest absolute Gasteiger partial charge is 0.468 e. The summed E-state index contributed by atoms with van der Waals surface area (Å²) in [7, 11) is 1.49. The second-order valence-corrected chi connectivity index (χ2v) is 16.1. The molecule has 4 fully saturated rings. The van der Waals surface area contributed by atoms with E-state index < -0.39 is 17.2 Å². The number of aliphatic hydroxyl groups excluding tert-OH is 1. The Morgan fingerprint density at radius 1 is 1.09 bits per heavy atom. The number of hydrogen-bond acceptors (Lipinski definition) is 11. The number of pyridine rings is 1. The number of methoxy groups -OCH3 is 1. The van der Waals surface area contributed by atoms with Gasteiger partial charge in [-0.25, -0.2) is 13.6 Å². The van der Waals surface area contributed by atoms with Crippen LogP contribution in [-0.2, 0) is 9.47 Å². The molecule has 4 aromatic rings. The molecule has 0 unspecified atom stereocenters. The summed E-state index contributed by atoms with van der Waals surface area (Å²) in [5.41, 5.74) is -0.845. The lowest BCUT2D eigenvalue weighted by Crippen LogP contribution is -2.57. The molecule has 4 aliphatic heterocycles. The van der Waals surface area contributed by atoms with E-state index in [0.29, 0.717) is 40.8 Å². The summed E-state index contributed by atoms with van der Waals surface area (Å²) in [6.45, 7) is 7.58. The van der Waals surface area contributed by atoms with Crippen LogP contribution in [0.25, 0.3) is 32.9 Å². The first-order valence-corrected chi connectivity index (χ1v) is 18.9. The van der Waals surface area contributed by atoms with Crippen LogP contribution in [0.15, 0.2) is 30.5 Å². The molecule has 2 bridgehead atoms. The van der Waals surface area contributed by atoms with Crippen molar-refractivity contribution < 1.29 is 37.6 Å². The van der Waals surface area contributed by atoms with Gasteiger partial charge in [0.25, 0.3) is 0 Å². The molecule has 1 amide bonds. The average molecular weight is 757 g/mol. The third kappa shape index (κ3) is 6.66. The predicted octanol–water partition coefficient (Wildman–Crippen LogP) is 6.04. The van der Waals surface area contributed by atoms with Gasteiger partial charge in [-0.15, -0.1) is 6.42 Å². The number of aliphatic hydroxyl groups is 1. The van der Waals surface area contributed by atoms with Gasteiger partial charge in [0.1, 0.15) is 40.8 Å². The highest BCUT2D eigenvalue weighted by atomic mass is 19.1. The monoisotopic (exact) mass is 756 g/mol. The van der Waals surface area contributed by atoms with Crippen LogP contribution in [0.4, 0.5) is 19.4 Å². The first kappa shape index (κ1) is 37.1.